The van der Waals surface area contributed by atoms with E-state index in [-0.39, 0.29) is 18.1 Å². The Kier molecular flexibility index (Phi) is 4.50. The first-order chi connectivity index (χ1) is 12.5. The number of carbonyl (C=O) groups is 1. The smallest absolute Gasteiger partial charge is 0.272 e. The van der Waals surface area contributed by atoms with Gasteiger partial charge in [-0.25, -0.2) is 4.98 Å². The lowest BCUT2D eigenvalue weighted by Gasteiger charge is -2.36. The summed E-state index contributed by atoms with van der Waals surface area (Å²) >= 11 is 0. The highest BCUT2D eigenvalue weighted by molar-refractivity contribution is 5.92. The van der Waals surface area contributed by atoms with Gasteiger partial charge >= 0.3 is 0 Å². The quantitative estimate of drug-likeness (QED) is 0.834. The number of amides is 1. The van der Waals surface area contributed by atoms with Crippen molar-refractivity contribution in [1.29, 1.82) is 0 Å². The molecule has 0 radical (unpaired) electrons. The van der Waals surface area contributed by atoms with Crippen LogP contribution in [0, 0.1) is 20.8 Å². The number of fused-ring (bicyclic) bond motifs is 1. The van der Waals surface area contributed by atoms with Gasteiger partial charge in [-0.3, -0.25) is 9.69 Å². The summed E-state index contributed by atoms with van der Waals surface area (Å²) in [6, 6.07) is 5.74. The minimum Gasteiger partial charge on any atom is -0.373 e. The molecule has 0 saturated carbocycles. The van der Waals surface area contributed by atoms with Crippen molar-refractivity contribution in [2.75, 3.05) is 26.2 Å². The Morgan fingerprint density at radius 3 is 2.85 bits per heavy atom. The van der Waals surface area contributed by atoms with E-state index in [1.165, 1.54) is 0 Å². The van der Waals surface area contributed by atoms with Gasteiger partial charge in [0.25, 0.3) is 5.91 Å². The molecule has 2 fully saturated rings. The first kappa shape index (κ1) is 17.2. The average molecular weight is 356 g/mol. The molecule has 4 heterocycles. The number of nitrogens with zero attached hydrogens (tertiary/aromatic N) is 4. The first-order valence-corrected chi connectivity index (χ1v) is 9.03. The fourth-order valence-corrected chi connectivity index (χ4v) is 3.88. The maximum Gasteiger partial charge on any atom is 0.272 e. The Labute approximate surface area is 152 Å². The van der Waals surface area contributed by atoms with Crippen molar-refractivity contribution in [1.82, 2.24) is 19.9 Å². The van der Waals surface area contributed by atoms with Crippen molar-refractivity contribution in [3.63, 3.8) is 0 Å². The van der Waals surface area contributed by atoms with Crippen LogP contribution in [0.4, 0.5) is 0 Å². The highest BCUT2D eigenvalue weighted by atomic mass is 16.5. The number of rotatable bonds is 3. The third-order valence-corrected chi connectivity index (χ3v) is 5.35. The molecule has 2 saturated heterocycles. The first-order valence-electron chi connectivity index (χ1n) is 9.03. The molecule has 2 aliphatic heterocycles. The fraction of sp³-hybridized carbons (Fsp3) is 0.526. The van der Waals surface area contributed by atoms with Crippen LogP contribution in [-0.4, -0.2) is 64.2 Å². The zero-order chi connectivity index (χ0) is 18.3. The van der Waals surface area contributed by atoms with Gasteiger partial charge in [0, 0.05) is 37.4 Å². The van der Waals surface area contributed by atoms with Crippen LogP contribution in [0.5, 0.6) is 0 Å². The van der Waals surface area contributed by atoms with Crippen LogP contribution in [0.2, 0.25) is 0 Å². The highest BCUT2D eigenvalue weighted by Gasteiger charge is 2.42. The van der Waals surface area contributed by atoms with Gasteiger partial charge in [0.1, 0.15) is 11.5 Å². The molecule has 138 valence electrons. The monoisotopic (exact) mass is 356 g/mol. The van der Waals surface area contributed by atoms with Crippen molar-refractivity contribution in [2.45, 2.75) is 39.5 Å². The molecule has 2 aliphatic rings. The maximum absolute atomic E-state index is 12.8. The Morgan fingerprint density at radius 2 is 2.12 bits per heavy atom. The molecule has 2 atom stereocenters. The topological polar surface area (TPSA) is 71.7 Å². The van der Waals surface area contributed by atoms with Crippen LogP contribution in [0.3, 0.4) is 0 Å². The summed E-state index contributed by atoms with van der Waals surface area (Å²) in [6.07, 6.45) is 0.0398. The number of likely N-dealkylation sites (tertiary alicyclic amines) is 1. The third-order valence-electron chi connectivity index (χ3n) is 5.35. The molecule has 26 heavy (non-hydrogen) atoms. The Bertz CT molecular complexity index is 799. The zero-order valence-electron chi connectivity index (χ0n) is 15.4. The van der Waals surface area contributed by atoms with Crippen molar-refractivity contribution >= 4 is 5.91 Å². The number of carbonyl (C=O) groups excluding carboxylic acids is 1. The van der Waals surface area contributed by atoms with E-state index in [9.17, 15) is 4.79 Å². The Morgan fingerprint density at radius 1 is 1.27 bits per heavy atom. The zero-order valence-corrected chi connectivity index (χ0v) is 15.4. The van der Waals surface area contributed by atoms with Crippen LogP contribution < -0.4 is 0 Å². The average Bonchev–Trinajstić information content (AvgIpc) is 3.20. The summed E-state index contributed by atoms with van der Waals surface area (Å²) in [4.78, 5) is 21.5. The van der Waals surface area contributed by atoms with Gasteiger partial charge in [0.05, 0.1) is 24.4 Å². The number of hydrogen-bond donors (Lipinski definition) is 0. The van der Waals surface area contributed by atoms with Gasteiger partial charge in [-0.2, -0.15) is 0 Å². The molecule has 0 bridgehead atoms. The molecule has 2 aromatic heterocycles. The molecule has 4 rings (SSSR count). The highest BCUT2D eigenvalue weighted by Crippen LogP contribution is 2.27. The third kappa shape index (κ3) is 3.12. The number of hydrogen-bond acceptors (Lipinski definition) is 6. The molecule has 0 aromatic carbocycles. The predicted octanol–water partition coefficient (Wildman–Crippen LogP) is 1.72. The standard InChI is InChI=1S/C19H24N4O3/c1-12-5-4-6-16(20-12)19(24)23-10-17-18(11-23)25-8-7-22(17)9-15-13(2)21-26-14(15)3/h4-6,17-18H,7-11H2,1-3H3/t17-,18+/m1/s1. The summed E-state index contributed by atoms with van der Waals surface area (Å²) in [5.74, 6) is 0.837. The summed E-state index contributed by atoms with van der Waals surface area (Å²) in [5, 5.41) is 4.05. The summed E-state index contributed by atoms with van der Waals surface area (Å²) in [7, 11) is 0. The molecule has 2 aromatic rings. The number of pyridine rings is 1. The lowest BCUT2D eigenvalue weighted by molar-refractivity contribution is -0.0505. The van der Waals surface area contributed by atoms with Crippen LogP contribution in [0.1, 0.15) is 33.2 Å². The van der Waals surface area contributed by atoms with E-state index < -0.39 is 0 Å². The molecule has 0 spiro atoms. The minimum absolute atomic E-state index is 0.0241. The second kappa shape index (κ2) is 6.81. The van der Waals surface area contributed by atoms with E-state index in [1.54, 1.807) is 6.07 Å². The number of aromatic nitrogens is 2. The van der Waals surface area contributed by atoms with Gasteiger partial charge in [0.15, 0.2) is 0 Å². The van der Waals surface area contributed by atoms with E-state index >= 15 is 0 Å². The van der Waals surface area contributed by atoms with Crippen molar-refractivity contribution in [3.8, 4) is 0 Å². The predicted molar refractivity (Wildman–Crippen MR) is 94.8 cm³/mol. The summed E-state index contributed by atoms with van der Waals surface area (Å²) in [5.41, 5.74) is 3.42. The lowest BCUT2D eigenvalue weighted by atomic mass is 10.1. The Balaban J connectivity index is 1.50. The molecule has 7 heteroatoms. The maximum atomic E-state index is 12.8. The molecular formula is C19H24N4O3. The van der Waals surface area contributed by atoms with E-state index in [0.29, 0.717) is 25.4 Å². The van der Waals surface area contributed by atoms with Gasteiger partial charge in [-0.15, -0.1) is 0 Å². The molecule has 1 amide bonds. The fourth-order valence-electron chi connectivity index (χ4n) is 3.88. The van der Waals surface area contributed by atoms with E-state index in [2.05, 4.69) is 15.0 Å². The largest absolute Gasteiger partial charge is 0.373 e. The number of aryl methyl sites for hydroxylation is 3. The SMILES string of the molecule is Cc1cccc(C(=O)N2C[C@@H]3OCCN(Cc4c(C)noc4C)[C@@H]3C2)n1. The van der Waals surface area contributed by atoms with Gasteiger partial charge in [0.2, 0.25) is 0 Å². The molecule has 7 nitrogen and oxygen atoms in total. The second-order valence-electron chi connectivity index (χ2n) is 7.12. The molecule has 0 unspecified atom stereocenters. The van der Waals surface area contributed by atoms with E-state index in [0.717, 1.165) is 35.8 Å². The number of ether oxygens (including phenoxy) is 1. The normalized spacial score (nSPS) is 23.3. The molecule has 0 N–H and O–H groups in total. The van der Waals surface area contributed by atoms with Gasteiger partial charge in [-0.05, 0) is 32.9 Å². The molecule has 0 aliphatic carbocycles. The lowest BCUT2D eigenvalue weighted by Crippen LogP contribution is -2.50. The van der Waals surface area contributed by atoms with E-state index in [1.807, 2.05) is 37.8 Å². The summed E-state index contributed by atoms with van der Waals surface area (Å²) in [6.45, 7) is 9.37. The second-order valence-corrected chi connectivity index (χ2v) is 7.12. The van der Waals surface area contributed by atoms with Crippen LogP contribution >= 0.6 is 0 Å². The van der Waals surface area contributed by atoms with Crippen LogP contribution in [0.25, 0.3) is 0 Å². The van der Waals surface area contributed by atoms with E-state index in [4.69, 9.17) is 9.26 Å². The van der Waals surface area contributed by atoms with Crippen molar-refractivity contribution < 1.29 is 14.1 Å². The van der Waals surface area contributed by atoms with Crippen LogP contribution in [-0.2, 0) is 11.3 Å². The molecular weight excluding hydrogens is 332 g/mol. The minimum atomic E-state index is -0.0241. The van der Waals surface area contributed by atoms with Crippen LogP contribution in [0.15, 0.2) is 22.7 Å². The van der Waals surface area contributed by atoms with Gasteiger partial charge in [-0.1, -0.05) is 11.2 Å². The van der Waals surface area contributed by atoms with Crippen molar-refractivity contribution in [2.24, 2.45) is 0 Å². The summed E-state index contributed by atoms with van der Waals surface area (Å²) < 4.78 is 11.3. The van der Waals surface area contributed by atoms with Gasteiger partial charge < -0.3 is 14.2 Å². The van der Waals surface area contributed by atoms with Crippen molar-refractivity contribution in [3.05, 3.63) is 46.6 Å². The number of morpholine rings is 1. The Hall–Kier alpha value is -2.25.